The number of nitrogens with zero attached hydrogens (tertiary/aromatic N) is 1. The number of hydrogen-bond acceptors (Lipinski definition) is 4. The third kappa shape index (κ3) is 3.89. The van der Waals surface area contributed by atoms with Gasteiger partial charge in [0.25, 0.3) is 5.91 Å². The SMILES string of the molecule is CCCNC(=O)c1ccc(OC)c(S(=O)(=O)N2CCCCC2C)c1. The van der Waals surface area contributed by atoms with E-state index in [0.717, 1.165) is 25.7 Å². The van der Waals surface area contributed by atoms with Gasteiger partial charge in [0.15, 0.2) is 0 Å². The van der Waals surface area contributed by atoms with E-state index >= 15 is 0 Å². The minimum atomic E-state index is -3.70. The van der Waals surface area contributed by atoms with Gasteiger partial charge in [0.2, 0.25) is 10.0 Å². The Bertz CT molecular complexity index is 688. The van der Waals surface area contributed by atoms with Crippen LogP contribution < -0.4 is 10.1 Å². The van der Waals surface area contributed by atoms with E-state index in [1.807, 2.05) is 13.8 Å². The number of hydrogen-bond donors (Lipinski definition) is 1. The van der Waals surface area contributed by atoms with Crippen LogP contribution in [0.5, 0.6) is 5.75 Å². The van der Waals surface area contributed by atoms with Crippen molar-refractivity contribution in [2.24, 2.45) is 0 Å². The van der Waals surface area contributed by atoms with Crippen LogP contribution in [0.2, 0.25) is 0 Å². The van der Waals surface area contributed by atoms with Crippen LogP contribution in [-0.2, 0) is 10.0 Å². The van der Waals surface area contributed by atoms with E-state index in [1.54, 1.807) is 12.1 Å². The molecule has 7 heteroatoms. The van der Waals surface area contributed by atoms with Gasteiger partial charge in [-0.2, -0.15) is 4.31 Å². The summed E-state index contributed by atoms with van der Waals surface area (Å²) in [7, 11) is -2.27. The molecule has 134 valence electrons. The highest BCUT2D eigenvalue weighted by atomic mass is 32.2. The maximum absolute atomic E-state index is 13.1. The Kier molecular flexibility index (Phi) is 6.23. The first-order chi connectivity index (χ1) is 11.4. The molecule has 1 aromatic rings. The van der Waals surface area contributed by atoms with Gasteiger partial charge in [-0.1, -0.05) is 13.3 Å². The van der Waals surface area contributed by atoms with Crippen molar-refractivity contribution in [3.05, 3.63) is 23.8 Å². The normalized spacial score (nSPS) is 19.0. The number of rotatable bonds is 6. The fourth-order valence-corrected chi connectivity index (χ4v) is 4.80. The quantitative estimate of drug-likeness (QED) is 0.851. The van der Waals surface area contributed by atoms with Crippen LogP contribution in [0.25, 0.3) is 0 Å². The molecule has 0 aliphatic carbocycles. The molecule has 1 heterocycles. The summed E-state index contributed by atoms with van der Waals surface area (Å²) in [4.78, 5) is 12.2. The van der Waals surface area contributed by atoms with Crippen LogP contribution in [0.3, 0.4) is 0 Å². The standard InChI is InChI=1S/C17H26N2O4S/c1-4-10-18-17(20)14-8-9-15(23-3)16(12-14)24(21,22)19-11-6-5-7-13(19)2/h8-9,12-13H,4-7,10-11H2,1-3H3,(H,18,20). The third-order valence-corrected chi connectivity index (χ3v) is 6.32. The van der Waals surface area contributed by atoms with Gasteiger partial charge in [-0.05, 0) is 44.4 Å². The van der Waals surface area contributed by atoms with Gasteiger partial charge in [-0.15, -0.1) is 0 Å². The number of nitrogens with one attached hydrogen (secondary N) is 1. The van der Waals surface area contributed by atoms with Crippen molar-refractivity contribution in [2.75, 3.05) is 20.2 Å². The minimum Gasteiger partial charge on any atom is -0.495 e. The van der Waals surface area contributed by atoms with Crippen LogP contribution in [0.15, 0.2) is 23.1 Å². The van der Waals surface area contributed by atoms with E-state index in [2.05, 4.69) is 5.32 Å². The van der Waals surface area contributed by atoms with Crippen LogP contribution in [0, 0.1) is 0 Å². The molecule has 6 nitrogen and oxygen atoms in total. The molecule has 1 fully saturated rings. The third-order valence-electron chi connectivity index (χ3n) is 4.29. The van der Waals surface area contributed by atoms with E-state index in [4.69, 9.17) is 4.74 Å². The molecule has 1 aliphatic heterocycles. The lowest BCUT2D eigenvalue weighted by molar-refractivity contribution is 0.0953. The van der Waals surface area contributed by atoms with E-state index in [-0.39, 0.29) is 22.6 Å². The van der Waals surface area contributed by atoms with Crippen molar-refractivity contribution in [3.63, 3.8) is 0 Å². The molecule has 1 saturated heterocycles. The van der Waals surface area contributed by atoms with Crippen LogP contribution in [-0.4, -0.2) is 44.9 Å². The number of carbonyl (C=O) groups is 1. The molecule has 0 aromatic heterocycles. The van der Waals surface area contributed by atoms with E-state index in [0.29, 0.717) is 18.7 Å². The topological polar surface area (TPSA) is 75.7 Å². The van der Waals surface area contributed by atoms with Crippen molar-refractivity contribution in [2.45, 2.75) is 50.5 Å². The molecule has 24 heavy (non-hydrogen) atoms. The number of benzene rings is 1. The first-order valence-corrected chi connectivity index (χ1v) is 9.84. The van der Waals surface area contributed by atoms with Gasteiger partial charge in [0.05, 0.1) is 7.11 Å². The summed E-state index contributed by atoms with van der Waals surface area (Å²) in [5.74, 6) is -0.0116. The van der Waals surface area contributed by atoms with Gasteiger partial charge < -0.3 is 10.1 Å². The number of ether oxygens (including phenoxy) is 1. The molecule has 1 aliphatic rings. The summed E-state index contributed by atoms with van der Waals surface area (Å²) < 4.78 is 32.9. The Morgan fingerprint density at radius 3 is 2.75 bits per heavy atom. The minimum absolute atomic E-state index is 0.0500. The maximum atomic E-state index is 13.1. The molecule has 1 N–H and O–H groups in total. The zero-order chi connectivity index (χ0) is 17.7. The van der Waals surface area contributed by atoms with Crippen molar-refractivity contribution >= 4 is 15.9 Å². The highest BCUT2D eigenvalue weighted by Crippen LogP contribution is 2.31. The second-order valence-electron chi connectivity index (χ2n) is 6.08. The summed E-state index contributed by atoms with van der Waals surface area (Å²) in [5.41, 5.74) is 0.326. The summed E-state index contributed by atoms with van der Waals surface area (Å²) >= 11 is 0. The highest BCUT2D eigenvalue weighted by molar-refractivity contribution is 7.89. The molecular formula is C17H26N2O4S. The first-order valence-electron chi connectivity index (χ1n) is 8.40. The van der Waals surface area contributed by atoms with Crippen molar-refractivity contribution in [1.82, 2.24) is 9.62 Å². The van der Waals surface area contributed by atoms with E-state index < -0.39 is 10.0 Å². The predicted octanol–water partition coefficient (Wildman–Crippen LogP) is 2.40. The first kappa shape index (κ1) is 18.7. The molecule has 1 atom stereocenters. The second kappa shape index (κ2) is 7.98. The predicted molar refractivity (Wildman–Crippen MR) is 92.8 cm³/mol. The molecule has 1 aromatic carbocycles. The zero-order valence-corrected chi connectivity index (χ0v) is 15.4. The van der Waals surface area contributed by atoms with Gasteiger partial charge in [-0.25, -0.2) is 8.42 Å². The van der Waals surface area contributed by atoms with Crippen molar-refractivity contribution in [3.8, 4) is 5.75 Å². The van der Waals surface area contributed by atoms with Gasteiger partial charge >= 0.3 is 0 Å². The average Bonchev–Trinajstić information content (AvgIpc) is 2.59. The second-order valence-corrected chi connectivity index (χ2v) is 7.94. The lowest BCUT2D eigenvalue weighted by atomic mass is 10.1. The molecular weight excluding hydrogens is 328 g/mol. The Morgan fingerprint density at radius 1 is 1.38 bits per heavy atom. The smallest absolute Gasteiger partial charge is 0.251 e. The number of methoxy groups -OCH3 is 1. The maximum Gasteiger partial charge on any atom is 0.251 e. The van der Waals surface area contributed by atoms with Gasteiger partial charge in [0.1, 0.15) is 10.6 Å². The van der Waals surface area contributed by atoms with Crippen LogP contribution >= 0.6 is 0 Å². The van der Waals surface area contributed by atoms with Crippen molar-refractivity contribution < 1.29 is 17.9 Å². The number of amides is 1. The lowest BCUT2D eigenvalue weighted by Gasteiger charge is -2.32. The van der Waals surface area contributed by atoms with E-state index in [1.165, 1.54) is 17.5 Å². The number of sulfonamides is 1. The molecule has 0 spiro atoms. The number of piperidine rings is 1. The fraction of sp³-hybridized carbons (Fsp3) is 0.588. The van der Waals surface area contributed by atoms with Gasteiger partial charge in [-0.3, -0.25) is 4.79 Å². The largest absolute Gasteiger partial charge is 0.495 e. The van der Waals surface area contributed by atoms with Crippen LogP contribution in [0.1, 0.15) is 49.9 Å². The van der Waals surface area contributed by atoms with Crippen molar-refractivity contribution in [1.29, 1.82) is 0 Å². The Balaban J connectivity index is 2.41. The summed E-state index contributed by atoms with van der Waals surface area (Å²) in [6.45, 7) is 4.93. The highest BCUT2D eigenvalue weighted by Gasteiger charge is 2.33. The molecule has 0 saturated carbocycles. The molecule has 1 amide bonds. The fourth-order valence-electron chi connectivity index (χ4n) is 2.92. The monoisotopic (exact) mass is 354 g/mol. The zero-order valence-electron chi connectivity index (χ0n) is 14.5. The van der Waals surface area contributed by atoms with Crippen LogP contribution in [0.4, 0.5) is 0 Å². The lowest BCUT2D eigenvalue weighted by Crippen LogP contribution is -2.42. The van der Waals surface area contributed by atoms with Gasteiger partial charge in [0, 0.05) is 24.7 Å². The molecule has 2 rings (SSSR count). The summed E-state index contributed by atoms with van der Waals surface area (Å²) in [6.07, 6.45) is 3.54. The Labute approximate surface area is 144 Å². The Morgan fingerprint density at radius 2 is 2.12 bits per heavy atom. The molecule has 0 radical (unpaired) electrons. The van der Waals surface area contributed by atoms with E-state index in [9.17, 15) is 13.2 Å². The summed E-state index contributed by atoms with van der Waals surface area (Å²) in [5, 5.41) is 2.76. The molecule has 0 bridgehead atoms. The number of carbonyl (C=O) groups excluding carboxylic acids is 1. The summed E-state index contributed by atoms with van der Waals surface area (Å²) in [6, 6.07) is 4.50. The molecule has 1 unspecified atom stereocenters. The Hall–Kier alpha value is -1.60. The average molecular weight is 354 g/mol.